The molecule has 2 N–H and O–H groups in total. The molecular weight excluding hydrogens is 371 g/mol. The fourth-order valence-corrected chi connectivity index (χ4v) is 3.05. The quantitative estimate of drug-likeness (QED) is 0.518. The van der Waals surface area contributed by atoms with E-state index in [0.717, 1.165) is 22.5 Å². The molecule has 4 aromatic rings. The zero-order valence-electron chi connectivity index (χ0n) is 13.5. The van der Waals surface area contributed by atoms with Crippen LogP contribution in [0.3, 0.4) is 0 Å². The number of rotatable bonds is 4. The number of imidazole rings is 1. The largest absolute Gasteiger partial charge is 0.508 e. The van der Waals surface area contributed by atoms with Crippen LogP contribution in [0.4, 0.5) is 5.82 Å². The van der Waals surface area contributed by atoms with E-state index in [4.69, 9.17) is 23.2 Å². The molecule has 0 saturated carbocycles. The van der Waals surface area contributed by atoms with Crippen molar-refractivity contribution in [3.05, 3.63) is 76.7 Å². The molecule has 130 valence electrons. The molecule has 2 aromatic heterocycles. The van der Waals surface area contributed by atoms with Crippen molar-refractivity contribution in [3.8, 4) is 17.0 Å². The molecule has 0 amide bonds. The van der Waals surface area contributed by atoms with Crippen LogP contribution in [0.5, 0.6) is 5.75 Å². The van der Waals surface area contributed by atoms with Crippen molar-refractivity contribution >= 4 is 34.7 Å². The van der Waals surface area contributed by atoms with Crippen molar-refractivity contribution in [3.63, 3.8) is 0 Å². The molecular formula is C19H14Cl2N4O. The minimum absolute atomic E-state index is 0.225. The molecule has 0 aliphatic heterocycles. The van der Waals surface area contributed by atoms with Crippen LogP contribution in [-0.2, 0) is 6.54 Å². The number of phenols is 1. The van der Waals surface area contributed by atoms with Crippen molar-refractivity contribution in [1.82, 2.24) is 14.4 Å². The van der Waals surface area contributed by atoms with Crippen LogP contribution < -0.4 is 5.32 Å². The Labute approximate surface area is 159 Å². The SMILES string of the molecule is Oc1ccc(-c2cnc(NCc3ccc(Cl)c(Cl)c3)c3nccn23)cc1. The smallest absolute Gasteiger partial charge is 0.180 e. The molecule has 0 bridgehead atoms. The summed E-state index contributed by atoms with van der Waals surface area (Å²) < 4.78 is 1.95. The molecule has 7 heteroatoms. The van der Waals surface area contributed by atoms with E-state index in [2.05, 4.69) is 15.3 Å². The van der Waals surface area contributed by atoms with Gasteiger partial charge in [-0.15, -0.1) is 0 Å². The third-order valence-electron chi connectivity index (χ3n) is 4.04. The van der Waals surface area contributed by atoms with E-state index >= 15 is 0 Å². The molecule has 5 nitrogen and oxygen atoms in total. The summed E-state index contributed by atoms with van der Waals surface area (Å²) in [7, 11) is 0. The highest BCUT2D eigenvalue weighted by Gasteiger charge is 2.10. The number of hydrogen-bond acceptors (Lipinski definition) is 4. The molecule has 26 heavy (non-hydrogen) atoms. The number of hydrogen-bond donors (Lipinski definition) is 2. The van der Waals surface area contributed by atoms with Crippen molar-refractivity contribution < 1.29 is 5.11 Å². The lowest BCUT2D eigenvalue weighted by atomic mass is 10.1. The maximum atomic E-state index is 9.47. The average molecular weight is 385 g/mol. The van der Waals surface area contributed by atoms with Gasteiger partial charge in [-0.25, -0.2) is 9.97 Å². The zero-order chi connectivity index (χ0) is 18.1. The van der Waals surface area contributed by atoms with E-state index in [1.54, 1.807) is 30.6 Å². The van der Waals surface area contributed by atoms with E-state index < -0.39 is 0 Å². The predicted octanol–water partition coefficient (Wildman–Crippen LogP) is 5.02. The van der Waals surface area contributed by atoms with Gasteiger partial charge in [-0.1, -0.05) is 29.3 Å². The molecule has 0 saturated heterocycles. The summed E-state index contributed by atoms with van der Waals surface area (Å²) in [6.45, 7) is 0.547. The Kier molecular flexibility index (Phi) is 4.41. The number of benzene rings is 2. The van der Waals surface area contributed by atoms with Crippen LogP contribution in [0.15, 0.2) is 61.1 Å². The highest BCUT2D eigenvalue weighted by Crippen LogP contribution is 2.26. The predicted molar refractivity (Wildman–Crippen MR) is 104 cm³/mol. The first-order chi connectivity index (χ1) is 12.6. The van der Waals surface area contributed by atoms with E-state index in [9.17, 15) is 5.11 Å². The number of nitrogens with one attached hydrogen (secondary N) is 1. The first-order valence-electron chi connectivity index (χ1n) is 7.91. The molecule has 0 spiro atoms. The number of anilines is 1. The summed E-state index contributed by atoms with van der Waals surface area (Å²) in [4.78, 5) is 8.92. The standard InChI is InChI=1S/C19H14Cl2N4O/c20-15-6-1-12(9-16(15)21)10-23-18-19-22-7-8-25(19)17(11-24-18)13-2-4-14(26)5-3-13/h1-9,11,26H,10H2,(H,23,24). The Balaban J connectivity index is 1.65. The highest BCUT2D eigenvalue weighted by molar-refractivity contribution is 6.42. The molecule has 0 aliphatic carbocycles. The third-order valence-corrected chi connectivity index (χ3v) is 4.77. The van der Waals surface area contributed by atoms with E-state index in [-0.39, 0.29) is 5.75 Å². The van der Waals surface area contributed by atoms with Crippen LogP contribution >= 0.6 is 23.2 Å². The Morgan fingerprint density at radius 2 is 1.81 bits per heavy atom. The Hall–Kier alpha value is -2.76. The molecule has 0 radical (unpaired) electrons. The number of nitrogens with zero attached hydrogens (tertiary/aromatic N) is 3. The van der Waals surface area contributed by atoms with Crippen LogP contribution in [-0.4, -0.2) is 19.5 Å². The lowest BCUT2D eigenvalue weighted by Crippen LogP contribution is -2.05. The summed E-state index contributed by atoms with van der Waals surface area (Å²) in [5.41, 5.74) is 3.54. The number of halogens is 2. The maximum Gasteiger partial charge on any atom is 0.180 e. The average Bonchev–Trinajstić information content (AvgIpc) is 3.13. The molecule has 2 heterocycles. The number of phenolic OH excluding ortho intramolecular Hbond substituents is 1. The number of aromatic nitrogens is 3. The Morgan fingerprint density at radius 3 is 2.58 bits per heavy atom. The summed E-state index contributed by atoms with van der Waals surface area (Å²) in [6, 6.07) is 12.5. The van der Waals surface area contributed by atoms with Crippen molar-refractivity contribution in [2.24, 2.45) is 0 Å². The number of fused-ring (bicyclic) bond motifs is 1. The van der Waals surface area contributed by atoms with E-state index in [0.29, 0.717) is 22.4 Å². The topological polar surface area (TPSA) is 62.5 Å². The molecule has 0 fully saturated rings. The summed E-state index contributed by atoms with van der Waals surface area (Å²) in [5.74, 6) is 0.895. The summed E-state index contributed by atoms with van der Waals surface area (Å²) >= 11 is 12.0. The second-order valence-corrected chi connectivity index (χ2v) is 6.58. The van der Waals surface area contributed by atoms with Gasteiger partial charge in [0, 0.05) is 24.5 Å². The lowest BCUT2D eigenvalue weighted by Gasteiger charge is -2.11. The van der Waals surface area contributed by atoms with Crippen molar-refractivity contribution in [2.45, 2.75) is 6.54 Å². The minimum Gasteiger partial charge on any atom is -0.508 e. The van der Waals surface area contributed by atoms with Gasteiger partial charge in [0.1, 0.15) is 5.75 Å². The molecule has 2 aromatic carbocycles. The van der Waals surface area contributed by atoms with Crippen molar-refractivity contribution in [1.29, 1.82) is 0 Å². The van der Waals surface area contributed by atoms with Gasteiger partial charge in [0.2, 0.25) is 0 Å². The van der Waals surface area contributed by atoms with Gasteiger partial charge >= 0.3 is 0 Å². The summed E-state index contributed by atoms with van der Waals surface area (Å²) in [6.07, 6.45) is 5.38. The maximum absolute atomic E-state index is 9.47. The fourth-order valence-electron chi connectivity index (χ4n) is 2.72. The molecule has 0 atom stereocenters. The monoisotopic (exact) mass is 384 g/mol. The van der Waals surface area contributed by atoms with Gasteiger partial charge in [0.25, 0.3) is 0 Å². The minimum atomic E-state index is 0.225. The van der Waals surface area contributed by atoms with Crippen molar-refractivity contribution in [2.75, 3.05) is 5.32 Å². The number of aromatic hydroxyl groups is 1. The van der Waals surface area contributed by atoms with Crippen LogP contribution in [0.2, 0.25) is 10.0 Å². The van der Waals surface area contributed by atoms with Crippen LogP contribution in [0.25, 0.3) is 16.9 Å². The Bertz CT molecular complexity index is 1080. The normalized spacial score (nSPS) is 11.0. The summed E-state index contributed by atoms with van der Waals surface area (Å²) in [5, 5.41) is 13.8. The molecule has 4 rings (SSSR count). The fraction of sp³-hybridized carbons (Fsp3) is 0.0526. The van der Waals surface area contributed by atoms with Gasteiger partial charge in [0.05, 0.1) is 21.9 Å². The van der Waals surface area contributed by atoms with Gasteiger partial charge in [-0.3, -0.25) is 4.40 Å². The van der Waals surface area contributed by atoms with E-state index in [1.807, 2.05) is 34.9 Å². The van der Waals surface area contributed by atoms with Gasteiger partial charge in [-0.05, 0) is 42.0 Å². The second-order valence-electron chi connectivity index (χ2n) is 5.76. The molecule has 0 unspecified atom stereocenters. The van der Waals surface area contributed by atoms with Gasteiger partial charge in [0.15, 0.2) is 11.5 Å². The Morgan fingerprint density at radius 1 is 1.00 bits per heavy atom. The lowest BCUT2D eigenvalue weighted by molar-refractivity contribution is 0.475. The first-order valence-corrected chi connectivity index (χ1v) is 8.67. The highest BCUT2D eigenvalue weighted by atomic mass is 35.5. The van der Waals surface area contributed by atoms with Crippen LogP contribution in [0, 0.1) is 0 Å². The van der Waals surface area contributed by atoms with Crippen LogP contribution in [0.1, 0.15) is 5.56 Å². The van der Waals surface area contributed by atoms with E-state index in [1.165, 1.54) is 0 Å². The second kappa shape index (κ2) is 6.86. The van der Waals surface area contributed by atoms with Gasteiger partial charge < -0.3 is 10.4 Å². The van der Waals surface area contributed by atoms with Gasteiger partial charge in [-0.2, -0.15) is 0 Å². The molecule has 0 aliphatic rings. The first kappa shape index (κ1) is 16.7. The third kappa shape index (κ3) is 3.19. The zero-order valence-corrected chi connectivity index (χ0v) is 15.0.